The molecule has 0 aromatic carbocycles. The number of furan rings is 1. The highest BCUT2D eigenvalue weighted by atomic mass is 16.6. The highest BCUT2D eigenvalue weighted by Crippen LogP contribution is 2.16. The van der Waals surface area contributed by atoms with Crippen LogP contribution in [0.1, 0.15) is 46.3 Å². The summed E-state index contributed by atoms with van der Waals surface area (Å²) >= 11 is 0. The molecule has 0 saturated carbocycles. The number of carbonyl (C=O) groups excluding carboxylic acids is 1. The summed E-state index contributed by atoms with van der Waals surface area (Å²) in [5.74, 6) is 1.02. The molecule has 124 valence electrons. The number of nitrogens with one attached hydrogen (secondary N) is 1. The van der Waals surface area contributed by atoms with Crippen LogP contribution in [0.25, 0.3) is 0 Å². The fourth-order valence-electron chi connectivity index (χ4n) is 2.69. The number of ether oxygens (including phenoxy) is 1. The van der Waals surface area contributed by atoms with Gasteiger partial charge in [-0.2, -0.15) is 0 Å². The molecule has 0 radical (unpaired) electrons. The van der Waals surface area contributed by atoms with Crippen molar-refractivity contribution in [2.45, 2.75) is 64.6 Å². The third kappa shape index (κ3) is 5.37. The second-order valence-electron chi connectivity index (χ2n) is 7.10. The van der Waals surface area contributed by atoms with Crippen LogP contribution in [0.3, 0.4) is 0 Å². The molecule has 1 aliphatic rings. The van der Waals surface area contributed by atoms with E-state index in [4.69, 9.17) is 9.15 Å². The minimum atomic E-state index is -0.432. The van der Waals surface area contributed by atoms with Crippen molar-refractivity contribution in [3.63, 3.8) is 0 Å². The van der Waals surface area contributed by atoms with E-state index in [-0.39, 0.29) is 6.09 Å². The zero-order valence-electron chi connectivity index (χ0n) is 14.1. The number of aryl methyl sites for hydroxylation is 1. The highest BCUT2D eigenvalue weighted by Gasteiger charge is 2.30. The zero-order chi connectivity index (χ0) is 16.2. The van der Waals surface area contributed by atoms with E-state index in [9.17, 15) is 4.79 Å². The van der Waals surface area contributed by atoms with Gasteiger partial charge >= 0.3 is 6.09 Å². The van der Waals surface area contributed by atoms with Gasteiger partial charge < -0.3 is 19.4 Å². The van der Waals surface area contributed by atoms with Crippen LogP contribution in [0.2, 0.25) is 0 Å². The molecule has 1 N–H and O–H groups in total. The summed E-state index contributed by atoms with van der Waals surface area (Å²) in [5.41, 5.74) is -0.432. The van der Waals surface area contributed by atoms with Gasteiger partial charge in [0, 0.05) is 31.6 Å². The monoisotopic (exact) mass is 308 g/mol. The predicted octanol–water partition coefficient (Wildman–Crippen LogP) is 3.20. The molecule has 2 atom stereocenters. The van der Waals surface area contributed by atoms with Crippen LogP contribution in [-0.2, 0) is 11.2 Å². The summed E-state index contributed by atoms with van der Waals surface area (Å²) in [6.45, 7) is 9.35. The molecule has 0 spiro atoms. The lowest BCUT2D eigenvalue weighted by Gasteiger charge is -2.25. The topological polar surface area (TPSA) is 54.7 Å². The molecule has 1 aromatic heterocycles. The minimum absolute atomic E-state index is 0.208. The van der Waals surface area contributed by atoms with E-state index < -0.39 is 5.60 Å². The Hall–Kier alpha value is -1.49. The lowest BCUT2D eigenvalue weighted by Crippen LogP contribution is -2.41. The summed E-state index contributed by atoms with van der Waals surface area (Å²) in [6, 6.07) is 4.67. The van der Waals surface area contributed by atoms with Crippen molar-refractivity contribution < 1.29 is 13.9 Å². The molecular weight excluding hydrogens is 280 g/mol. The van der Waals surface area contributed by atoms with Crippen LogP contribution in [0.4, 0.5) is 4.79 Å². The first-order chi connectivity index (χ1) is 10.3. The van der Waals surface area contributed by atoms with Crippen molar-refractivity contribution in [2.75, 3.05) is 13.1 Å². The molecule has 0 bridgehead atoms. The van der Waals surface area contributed by atoms with Crippen molar-refractivity contribution in [1.82, 2.24) is 10.2 Å². The molecular formula is C17H28N2O3. The predicted molar refractivity (Wildman–Crippen MR) is 85.8 cm³/mol. The number of hydrogen-bond donors (Lipinski definition) is 1. The van der Waals surface area contributed by atoms with Gasteiger partial charge in [-0.15, -0.1) is 0 Å². The number of amides is 1. The smallest absolute Gasteiger partial charge is 0.410 e. The van der Waals surface area contributed by atoms with E-state index in [0.29, 0.717) is 12.1 Å². The van der Waals surface area contributed by atoms with Crippen molar-refractivity contribution in [3.05, 3.63) is 24.2 Å². The van der Waals surface area contributed by atoms with Crippen LogP contribution in [-0.4, -0.2) is 41.8 Å². The van der Waals surface area contributed by atoms with Gasteiger partial charge in [-0.3, -0.25) is 0 Å². The van der Waals surface area contributed by atoms with Gasteiger partial charge in [-0.1, -0.05) is 0 Å². The average molecular weight is 308 g/mol. The van der Waals surface area contributed by atoms with Crippen LogP contribution in [0, 0.1) is 0 Å². The van der Waals surface area contributed by atoms with E-state index in [0.717, 1.165) is 38.1 Å². The lowest BCUT2D eigenvalue weighted by molar-refractivity contribution is 0.0290. The molecule has 1 aromatic rings. The standard InChI is InChI=1S/C17H28N2O3/c1-13(7-8-15-6-5-11-21-15)18-14-9-10-19(12-14)16(20)22-17(2,3)4/h5-6,11,13-14,18H,7-10,12H2,1-4H3. The summed E-state index contributed by atoms with van der Waals surface area (Å²) in [7, 11) is 0. The minimum Gasteiger partial charge on any atom is -0.469 e. The third-order valence-corrected chi connectivity index (χ3v) is 3.76. The fourth-order valence-corrected chi connectivity index (χ4v) is 2.69. The number of nitrogens with zero attached hydrogens (tertiary/aromatic N) is 1. The van der Waals surface area contributed by atoms with Crippen LogP contribution < -0.4 is 5.32 Å². The Labute approximate surface area is 133 Å². The van der Waals surface area contributed by atoms with Crippen molar-refractivity contribution in [2.24, 2.45) is 0 Å². The molecule has 1 fully saturated rings. The maximum Gasteiger partial charge on any atom is 0.410 e. The van der Waals surface area contributed by atoms with Gasteiger partial charge in [0.1, 0.15) is 11.4 Å². The number of likely N-dealkylation sites (tertiary alicyclic amines) is 1. The quantitative estimate of drug-likeness (QED) is 0.907. The van der Waals surface area contributed by atoms with Gasteiger partial charge in [0.25, 0.3) is 0 Å². The normalized spacial score (nSPS) is 20.2. The third-order valence-electron chi connectivity index (χ3n) is 3.76. The van der Waals surface area contributed by atoms with Crippen LogP contribution in [0.5, 0.6) is 0 Å². The van der Waals surface area contributed by atoms with Gasteiger partial charge in [-0.05, 0) is 52.7 Å². The van der Waals surface area contributed by atoms with E-state index in [1.165, 1.54) is 0 Å². The molecule has 5 nitrogen and oxygen atoms in total. The number of carbonyl (C=O) groups is 1. The van der Waals surface area contributed by atoms with E-state index in [1.807, 2.05) is 32.9 Å². The van der Waals surface area contributed by atoms with Crippen molar-refractivity contribution >= 4 is 6.09 Å². The highest BCUT2D eigenvalue weighted by molar-refractivity contribution is 5.68. The molecule has 2 heterocycles. The number of rotatable bonds is 5. The Bertz CT molecular complexity index is 465. The first-order valence-corrected chi connectivity index (χ1v) is 8.10. The molecule has 2 unspecified atom stereocenters. The summed E-state index contributed by atoms with van der Waals surface area (Å²) in [4.78, 5) is 13.8. The Balaban J connectivity index is 1.70. The second-order valence-corrected chi connectivity index (χ2v) is 7.10. The molecule has 22 heavy (non-hydrogen) atoms. The summed E-state index contributed by atoms with van der Waals surface area (Å²) in [5, 5.41) is 3.60. The first-order valence-electron chi connectivity index (χ1n) is 8.10. The summed E-state index contributed by atoms with van der Waals surface area (Å²) < 4.78 is 10.8. The Morgan fingerprint density at radius 1 is 1.55 bits per heavy atom. The van der Waals surface area contributed by atoms with Gasteiger partial charge in [0.2, 0.25) is 0 Å². The SMILES string of the molecule is CC(CCc1ccco1)NC1CCN(C(=O)OC(C)(C)C)C1. The lowest BCUT2D eigenvalue weighted by atomic mass is 10.1. The maximum absolute atomic E-state index is 12.0. The van der Waals surface area contributed by atoms with Gasteiger partial charge in [0.05, 0.1) is 6.26 Å². The molecule has 1 aliphatic heterocycles. The van der Waals surface area contributed by atoms with E-state index in [2.05, 4.69) is 12.2 Å². The molecule has 0 aliphatic carbocycles. The molecule has 1 saturated heterocycles. The van der Waals surface area contributed by atoms with E-state index in [1.54, 1.807) is 11.2 Å². The maximum atomic E-state index is 12.0. The van der Waals surface area contributed by atoms with Gasteiger partial charge in [-0.25, -0.2) is 4.79 Å². The second kappa shape index (κ2) is 7.18. The molecule has 2 rings (SSSR count). The zero-order valence-corrected chi connectivity index (χ0v) is 14.1. The van der Waals surface area contributed by atoms with Crippen molar-refractivity contribution in [1.29, 1.82) is 0 Å². The fraction of sp³-hybridized carbons (Fsp3) is 0.706. The van der Waals surface area contributed by atoms with E-state index >= 15 is 0 Å². The molecule has 1 amide bonds. The van der Waals surface area contributed by atoms with Crippen LogP contribution in [0.15, 0.2) is 22.8 Å². The van der Waals surface area contributed by atoms with Crippen LogP contribution >= 0.6 is 0 Å². The van der Waals surface area contributed by atoms with Crippen molar-refractivity contribution in [3.8, 4) is 0 Å². The Kier molecular flexibility index (Phi) is 5.51. The first kappa shape index (κ1) is 16.9. The largest absolute Gasteiger partial charge is 0.469 e. The molecule has 5 heteroatoms. The summed E-state index contributed by atoms with van der Waals surface area (Å²) in [6.07, 6.45) is 4.44. The van der Waals surface area contributed by atoms with Gasteiger partial charge in [0.15, 0.2) is 0 Å². The average Bonchev–Trinajstić information content (AvgIpc) is 3.05. The Morgan fingerprint density at radius 2 is 2.32 bits per heavy atom. The Morgan fingerprint density at radius 3 is 2.95 bits per heavy atom. The number of hydrogen-bond acceptors (Lipinski definition) is 4.